The molecule has 2 aliphatic rings. The number of nitrogens with zero attached hydrogens (tertiary/aromatic N) is 1. The van der Waals surface area contributed by atoms with E-state index < -0.39 is 0 Å². The van der Waals surface area contributed by atoms with Gasteiger partial charge in [-0.2, -0.15) is 0 Å². The van der Waals surface area contributed by atoms with Gasteiger partial charge in [0.05, 0.1) is 25.2 Å². The van der Waals surface area contributed by atoms with E-state index in [0.717, 1.165) is 38.5 Å². The van der Waals surface area contributed by atoms with Gasteiger partial charge in [0.2, 0.25) is 0 Å². The lowest BCUT2D eigenvalue weighted by Gasteiger charge is -2.49. The summed E-state index contributed by atoms with van der Waals surface area (Å²) < 4.78 is 5.08. The van der Waals surface area contributed by atoms with Crippen LogP contribution in [0.2, 0.25) is 0 Å². The fraction of sp³-hybridized carbons (Fsp3) is 0.947. The molecule has 2 fully saturated rings. The predicted octanol–water partition coefficient (Wildman–Crippen LogP) is 3.67. The average molecular weight is 356 g/mol. The predicted molar refractivity (Wildman–Crippen MR) is 92.8 cm³/mol. The summed E-state index contributed by atoms with van der Waals surface area (Å²) in [6.07, 6.45) is 4.88. The smallest absolute Gasteiger partial charge is 0.308 e. The molecule has 0 N–H and O–H groups in total. The third-order valence-electron chi connectivity index (χ3n) is 5.48. The maximum absolute atomic E-state index is 12.4. The average Bonchev–Trinajstić information content (AvgIpc) is 2.53. The Bertz CT molecular complexity index is 425. The van der Waals surface area contributed by atoms with Crippen molar-refractivity contribution in [3.63, 3.8) is 0 Å². The minimum absolute atomic E-state index is 0.00257. The summed E-state index contributed by atoms with van der Waals surface area (Å²) in [6.45, 7) is 10.7. The van der Waals surface area contributed by atoms with Gasteiger partial charge >= 0.3 is 5.97 Å². The van der Waals surface area contributed by atoms with E-state index in [-0.39, 0.29) is 29.1 Å². The number of hydrogen-bond donors (Lipinski definition) is 0. The zero-order valence-electron chi connectivity index (χ0n) is 16.4. The van der Waals surface area contributed by atoms with Crippen molar-refractivity contribution >= 4 is 5.97 Å². The van der Waals surface area contributed by atoms with Crippen LogP contribution in [0, 0.1) is 11.8 Å². The Balaban J connectivity index is 1.71. The molecule has 1 saturated carbocycles. The summed E-state index contributed by atoms with van der Waals surface area (Å²) in [5.41, 5.74) is -0.763. The number of rotatable bonds is 6. The molecule has 0 unspecified atom stereocenters. The van der Waals surface area contributed by atoms with E-state index in [0.29, 0.717) is 19.1 Å². The van der Waals surface area contributed by atoms with E-state index in [1.165, 1.54) is 5.06 Å². The molecule has 0 spiro atoms. The topological polar surface area (TPSA) is 67.9 Å². The molecule has 25 heavy (non-hydrogen) atoms. The normalized spacial score (nSPS) is 30.2. The number of ether oxygens (including phenoxy) is 1. The zero-order chi connectivity index (χ0) is 18.7. The summed E-state index contributed by atoms with van der Waals surface area (Å²) in [6, 6.07) is 0. The minimum atomic E-state index is -0.381. The lowest BCUT2D eigenvalue weighted by molar-refractivity contribution is -0.346. The molecule has 0 bridgehead atoms. The summed E-state index contributed by atoms with van der Waals surface area (Å²) >= 11 is 0. The van der Waals surface area contributed by atoms with Crippen LogP contribution in [0.1, 0.15) is 73.1 Å². The lowest BCUT2D eigenvalue weighted by atomic mass is 9.76. The van der Waals surface area contributed by atoms with E-state index >= 15 is 0 Å². The highest BCUT2D eigenvalue weighted by Crippen LogP contribution is 2.40. The molecular formula is C19H34NO5. The van der Waals surface area contributed by atoms with Gasteiger partial charge in [-0.15, -0.1) is 10.3 Å². The Kier molecular flexibility index (Phi) is 6.87. The van der Waals surface area contributed by atoms with Crippen molar-refractivity contribution in [2.75, 3.05) is 13.2 Å². The highest BCUT2D eigenvalue weighted by atomic mass is 17.2. The van der Waals surface area contributed by atoms with Gasteiger partial charge in [0.25, 0.3) is 0 Å². The fourth-order valence-electron chi connectivity index (χ4n) is 4.47. The van der Waals surface area contributed by atoms with Crippen molar-refractivity contribution < 1.29 is 24.5 Å². The van der Waals surface area contributed by atoms with Gasteiger partial charge in [-0.3, -0.25) is 4.79 Å². The maximum Gasteiger partial charge on any atom is 0.308 e. The van der Waals surface area contributed by atoms with Gasteiger partial charge in [-0.25, -0.2) is 9.78 Å². The first-order valence-corrected chi connectivity index (χ1v) is 9.58. The van der Waals surface area contributed by atoms with E-state index in [1.54, 1.807) is 0 Å². The molecule has 1 heterocycles. The van der Waals surface area contributed by atoms with Crippen LogP contribution < -0.4 is 0 Å². The van der Waals surface area contributed by atoms with Crippen molar-refractivity contribution in [1.29, 1.82) is 0 Å². The van der Waals surface area contributed by atoms with Crippen LogP contribution in [0.15, 0.2) is 0 Å². The largest absolute Gasteiger partial charge is 0.466 e. The monoisotopic (exact) mass is 356 g/mol. The molecule has 0 aromatic carbocycles. The maximum atomic E-state index is 12.4. The second kappa shape index (κ2) is 8.33. The van der Waals surface area contributed by atoms with Crippen LogP contribution in [0.5, 0.6) is 0 Å². The first-order chi connectivity index (χ1) is 11.7. The van der Waals surface area contributed by atoms with Crippen molar-refractivity contribution in [3.8, 4) is 0 Å². The van der Waals surface area contributed by atoms with Gasteiger partial charge in [0.1, 0.15) is 0 Å². The molecular weight excluding hydrogens is 322 g/mol. The molecule has 1 aliphatic carbocycles. The standard InChI is InChI=1S/C19H34NO5/c1-6-23-17(21)15-7-9-16(10-8-15)25-24-13-14-11-18(2,3)20(22)19(4,5)12-14/h14-16H,6-13H2,1-5H3. The molecule has 0 atom stereocenters. The first kappa shape index (κ1) is 20.6. The van der Waals surface area contributed by atoms with Crippen LogP contribution in [0.3, 0.4) is 0 Å². The summed E-state index contributed by atoms with van der Waals surface area (Å²) in [4.78, 5) is 22.9. The first-order valence-electron chi connectivity index (χ1n) is 9.58. The third kappa shape index (κ3) is 5.39. The van der Waals surface area contributed by atoms with Gasteiger partial charge in [0, 0.05) is 11.1 Å². The molecule has 6 nitrogen and oxygen atoms in total. The zero-order valence-corrected chi connectivity index (χ0v) is 16.4. The highest BCUT2D eigenvalue weighted by molar-refractivity contribution is 5.72. The molecule has 1 radical (unpaired) electrons. The van der Waals surface area contributed by atoms with Crippen LogP contribution >= 0.6 is 0 Å². The van der Waals surface area contributed by atoms with Crippen molar-refractivity contribution in [2.24, 2.45) is 11.8 Å². The Morgan fingerprint density at radius 1 is 1.04 bits per heavy atom. The summed E-state index contributed by atoms with van der Waals surface area (Å²) in [7, 11) is 0. The third-order valence-corrected chi connectivity index (χ3v) is 5.48. The van der Waals surface area contributed by atoms with Gasteiger partial charge in [-0.1, -0.05) is 0 Å². The number of esters is 1. The van der Waals surface area contributed by atoms with Crippen molar-refractivity contribution in [3.05, 3.63) is 0 Å². The van der Waals surface area contributed by atoms with Crippen LogP contribution in [0.4, 0.5) is 0 Å². The Morgan fingerprint density at radius 3 is 2.12 bits per heavy atom. The fourth-order valence-corrected chi connectivity index (χ4v) is 4.47. The van der Waals surface area contributed by atoms with E-state index in [2.05, 4.69) is 0 Å². The number of hydrogen-bond acceptors (Lipinski definition) is 5. The molecule has 0 amide bonds. The van der Waals surface area contributed by atoms with Crippen LogP contribution in [0.25, 0.3) is 0 Å². The summed E-state index contributed by atoms with van der Waals surface area (Å²) in [5.74, 6) is 0.226. The van der Waals surface area contributed by atoms with Gasteiger partial charge in [-0.05, 0) is 79.1 Å². The SMILES string of the molecule is CCOC(=O)C1CCC(OOCC2CC(C)(C)N([O])C(C)(C)C2)CC1. The molecule has 2 rings (SSSR count). The molecule has 0 aromatic heterocycles. The second-order valence-corrected chi connectivity index (χ2v) is 8.80. The Hall–Kier alpha value is -0.690. The van der Waals surface area contributed by atoms with Crippen LogP contribution in [-0.2, 0) is 24.5 Å². The minimum Gasteiger partial charge on any atom is -0.466 e. The molecule has 145 valence electrons. The van der Waals surface area contributed by atoms with Crippen molar-refractivity contribution in [1.82, 2.24) is 5.06 Å². The number of carbonyl (C=O) groups is 1. The second-order valence-electron chi connectivity index (χ2n) is 8.80. The molecule has 0 aromatic rings. The van der Waals surface area contributed by atoms with Crippen molar-refractivity contribution in [2.45, 2.75) is 90.3 Å². The highest BCUT2D eigenvalue weighted by Gasteiger charge is 2.46. The van der Waals surface area contributed by atoms with E-state index in [9.17, 15) is 10.0 Å². The van der Waals surface area contributed by atoms with Crippen LogP contribution in [-0.4, -0.2) is 41.4 Å². The quantitative estimate of drug-likeness (QED) is 0.413. The molecule has 6 heteroatoms. The Morgan fingerprint density at radius 2 is 1.60 bits per heavy atom. The number of carbonyl (C=O) groups excluding carboxylic acids is 1. The van der Waals surface area contributed by atoms with E-state index in [4.69, 9.17) is 14.5 Å². The number of piperidine rings is 1. The molecule has 1 saturated heterocycles. The number of hydroxylamine groups is 2. The molecule has 1 aliphatic heterocycles. The summed E-state index contributed by atoms with van der Waals surface area (Å²) in [5, 5.41) is 13.6. The lowest BCUT2D eigenvalue weighted by Crippen LogP contribution is -2.58. The van der Waals surface area contributed by atoms with Gasteiger partial charge < -0.3 is 4.74 Å². The van der Waals surface area contributed by atoms with Gasteiger partial charge in [0.15, 0.2) is 0 Å². The van der Waals surface area contributed by atoms with E-state index in [1.807, 2.05) is 34.6 Å². The Labute approximate surface area is 151 Å².